The molecule has 0 radical (unpaired) electrons. The highest BCUT2D eigenvalue weighted by Gasteiger charge is 2.40. The van der Waals surface area contributed by atoms with E-state index in [1.165, 1.54) is 12.1 Å². The fourth-order valence-corrected chi connectivity index (χ4v) is 4.72. The van der Waals surface area contributed by atoms with Gasteiger partial charge in [-0.15, -0.1) is 11.3 Å². The second-order valence-electron chi connectivity index (χ2n) is 6.57. The van der Waals surface area contributed by atoms with Crippen LogP contribution in [0, 0.1) is 0 Å². The summed E-state index contributed by atoms with van der Waals surface area (Å²) in [5, 5.41) is 6.48. The normalized spacial score (nSPS) is 25.3. The number of alkyl halides is 3. The number of fused-ring (bicyclic) bond motifs is 2. The second-order valence-corrected chi connectivity index (χ2v) is 7.65. The minimum atomic E-state index is -4.42. The number of thiophene rings is 1. The number of nitrogens with one attached hydrogen (secondary N) is 2. The van der Waals surface area contributed by atoms with Crippen LogP contribution in [0.25, 0.3) is 10.4 Å². The van der Waals surface area contributed by atoms with Crippen molar-refractivity contribution < 1.29 is 18.0 Å². The molecule has 7 heteroatoms. The lowest BCUT2D eigenvalue weighted by Crippen LogP contribution is -2.42. The molecular formula is C18H17F3N2OS. The Morgan fingerprint density at radius 3 is 2.64 bits per heavy atom. The highest BCUT2D eigenvalue weighted by molar-refractivity contribution is 7.17. The maximum absolute atomic E-state index is 13.2. The summed E-state index contributed by atoms with van der Waals surface area (Å²) in [4.78, 5) is 13.3. The van der Waals surface area contributed by atoms with E-state index in [0.29, 0.717) is 21.8 Å². The first-order valence-corrected chi connectivity index (χ1v) is 9.07. The first-order chi connectivity index (χ1) is 11.9. The summed E-state index contributed by atoms with van der Waals surface area (Å²) in [6.07, 6.45) is -1.29. The van der Waals surface area contributed by atoms with Crippen molar-refractivity contribution in [3.8, 4) is 10.4 Å². The minimum Gasteiger partial charge on any atom is -0.347 e. The monoisotopic (exact) mass is 366 g/mol. The summed E-state index contributed by atoms with van der Waals surface area (Å²) in [6.45, 7) is 0. The smallest absolute Gasteiger partial charge is 0.347 e. The molecule has 2 fully saturated rings. The van der Waals surface area contributed by atoms with E-state index >= 15 is 0 Å². The van der Waals surface area contributed by atoms with Crippen LogP contribution >= 0.6 is 11.3 Å². The predicted molar refractivity (Wildman–Crippen MR) is 90.6 cm³/mol. The van der Waals surface area contributed by atoms with Crippen molar-refractivity contribution in [2.75, 3.05) is 0 Å². The van der Waals surface area contributed by atoms with Crippen molar-refractivity contribution in [1.29, 1.82) is 0 Å². The molecule has 2 aromatic rings. The summed E-state index contributed by atoms with van der Waals surface area (Å²) in [7, 11) is 0. The molecule has 0 unspecified atom stereocenters. The Bertz CT molecular complexity index is 802. The largest absolute Gasteiger partial charge is 0.417 e. The molecule has 2 N–H and O–H groups in total. The zero-order valence-corrected chi connectivity index (χ0v) is 14.1. The summed E-state index contributed by atoms with van der Waals surface area (Å²) in [6, 6.07) is 9.55. The summed E-state index contributed by atoms with van der Waals surface area (Å²) >= 11 is 1.10. The number of hydrogen-bond acceptors (Lipinski definition) is 3. The fraction of sp³-hybridized carbons (Fsp3) is 0.389. The van der Waals surface area contributed by atoms with Crippen molar-refractivity contribution in [2.24, 2.45) is 0 Å². The highest BCUT2D eigenvalue weighted by atomic mass is 32.1. The molecule has 0 spiro atoms. The van der Waals surface area contributed by atoms with E-state index in [-0.39, 0.29) is 17.5 Å². The van der Waals surface area contributed by atoms with Crippen molar-refractivity contribution in [1.82, 2.24) is 10.6 Å². The van der Waals surface area contributed by atoms with Crippen LogP contribution in [0.15, 0.2) is 36.4 Å². The molecule has 2 aliphatic rings. The quantitative estimate of drug-likeness (QED) is 0.860. The number of rotatable bonds is 3. The van der Waals surface area contributed by atoms with Crippen molar-refractivity contribution >= 4 is 17.2 Å². The minimum absolute atomic E-state index is 0.110. The molecule has 3 heterocycles. The molecular weight excluding hydrogens is 349 g/mol. The van der Waals surface area contributed by atoms with E-state index in [0.717, 1.165) is 36.7 Å². The average Bonchev–Trinajstić information content (AvgIpc) is 3.30. The molecule has 132 valence electrons. The molecule has 2 bridgehead atoms. The van der Waals surface area contributed by atoms with E-state index in [4.69, 9.17) is 0 Å². The maximum Gasteiger partial charge on any atom is 0.417 e. The van der Waals surface area contributed by atoms with E-state index < -0.39 is 11.7 Å². The van der Waals surface area contributed by atoms with Gasteiger partial charge < -0.3 is 10.6 Å². The molecule has 4 rings (SSSR count). The van der Waals surface area contributed by atoms with Crippen LogP contribution in [-0.4, -0.2) is 24.0 Å². The van der Waals surface area contributed by atoms with Gasteiger partial charge in [0.25, 0.3) is 5.91 Å². The molecule has 3 nitrogen and oxygen atoms in total. The maximum atomic E-state index is 13.2. The van der Waals surface area contributed by atoms with Crippen LogP contribution in [0.3, 0.4) is 0 Å². The van der Waals surface area contributed by atoms with Crippen LogP contribution in [0.4, 0.5) is 13.2 Å². The van der Waals surface area contributed by atoms with Gasteiger partial charge in [-0.3, -0.25) is 4.79 Å². The van der Waals surface area contributed by atoms with Crippen LogP contribution in [0.2, 0.25) is 0 Å². The standard InChI is InChI=1S/C18H17F3N2OS/c19-18(20,21)12-4-2-1-3-11(12)15-7-8-16(25-15)17(24)23-14-9-10-5-6-13(14)22-10/h1-4,7-8,10,13-14,22H,5-6,9H2,(H,23,24)/t10-,13+,14-/m1/s1. The summed E-state index contributed by atoms with van der Waals surface area (Å²) < 4.78 is 39.5. The summed E-state index contributed by atoms with van der Waals surface area (Å²) in [5.74, 6) is -0.208. The summed E-state index contributed by atoms with van der Waals surface area (Å²) in [5.41, 5.74) is -0.568. The van der Waals surface area contributed by atoms with Crippen LogP contribution in [0.5, 0.6) is 0 Å². The lowest BCUT2D eigenvalue weighted by Gasteiger charge is -2.21. The highest BCUT2D eigenvalue weighted by Crippen LogP contribution is 2.39. The van der Waals surface area contributed by atoms with Crippen LogP contribution in [-0.2, 0) is 6.18 Å². The Morgan fingerprint density at radius 2 is 1.96 bits per heavy atom. The number of benzene rings is 1. The van der Waals surface area contributed by atoms with Gasteiger partial charge in [0.05, 0.1) is 10.4 Å². The Morgan fingerprint density at radius 1 is 1.16 bits per heavy atom. The molecule has 1 aromatic heterocycles. The van der Waals surface area contributed by atoms with Gasteiger partial charge in [0, 0.05) is 28.6 Å². The Kier molecular flexibility index (Phi) is 4.08. The second kappa shape index (κ2) is 6.14. The lowest BCUT2D eigenvalue weighted by molar-refractivity contribution is -0.137. The third-order valence-electron chi connectivity index (χ3n) is 4.94. The van der Waals surface area contributed by atoms with Crippen molar-refractivity contribution in [2.45, 2.75) is 43.6 Å². The topological polar surface area (TPSA) is 41.1 Å². The van der Waals surface area contributed by atoms with E-state index in [1.54, 1.807) is 18.2 Å². The average molecular weight is 366 g/mol. The molecule has 1 amide bonds. The van der Waals surface area contributed by atoms with Crippen LogP contribution in [0.1, 0.15) is 34.5 Å². The molecule has 2 saturated heterocycles. The van der Waals surface area contributed by atoms with Gasteiger partial charge >= 0.3 is 6.18 Å². The third-order valence-corrected chi connectivity index (χ3v) is 6.06. The zero-order chi connectivity index (χ0) is 17.6. The fourth-order valence-electron chi connectivity index (χ4n) is 3.77. The number of halogens is 3. The first-order valence-electron chi connectivity index (χ1n) is 8.25. The molecule has 3 atom stereocenters. The first kappa shape index (κ1) is 16.6. The van der Waals surface area contributed by atoms with Gasteiger partial charge in [0.15, 0.2) is 0 Å². The van der Waals surface area contributed by atoms with Crippen molar-refractivity contribution in [3.05, 3.63) is 46.8 Å². The number of amides is 1. The molecule has 0 saturated carbocycles. The molecule has 2 aliphatic heterocycles. The molecule has 1 aromatic carbocycles. The van der Waals surface area contributed by atoms with E-state index in [9.17, 15) is 18.0 Å². The van der Waals surface area contributed by atoms with Gasteiger partial charge in [0.1, 0.15) is 0 Å². The van der Waals surface area contributed by atoms with Gasteiger partial charge in [-0.1, -0.05) is 18.2 Å². The number of hydrogen-bond donors (Lipinski definition) is 2. The van der Waals surface area contributed by atoms with Gasteiger partial charge in [0.2, 0.25) is 0 Å². The van der Waals surface area contributed by atoms with Crippen LogP contribution < -0.4 is 10.6 Å². The Labute approximate surface area is 147 Å². The van der Waals surface area contributed by atoms with E-state index in [1.807, 2.05) is 0 Å². The SMILES string of the molecule is O=C(N[C@@H]1C[C@H]2CC[C@@H]1N2)c1ccc(-c2ccccc2C(F)(F)F)s1. The van der Waals surface area contributed by atoms with E-state index in [2.05, 4.69) is 10.6 Å². The number of carbonyl (C=O) groups excluding carboxylic acids is 1. The predicted octanol–water partition coefficient (Wildman–Crippen LogP) is 4.06. The molecule has 25 heavy (non-hydrogen) atoms. The van der Waals surface area contributed by atoms with Gasteiger partial charge in [-0.05, 0) is 37.5 Å². The zero-order valence-electron chi connectivity index (χ0n) is 13.3. The van der Waals surface area contributed by atoms with Gasteiger partial charge in [-0.25, -0.2) is 0 Å². The Balaban J connectivity index is 1.54. The Hall–Kier alpha value is -1.86. The third kappa shape index (κ3) is 3.18. The lowest BCUT2D eigenvalue weighted by atomic mass is 9.95. The molecule has 0 aliphatic carbocycles. The van der Waals surface area contributed by atoms with Crippen molar-refractivity contribution in [3.63, 3.8) is 0 Å². The van der Waals surface area contributed by atoms with Gasteiger partial charge in [-0.2, -0.15) is 13.2 Å². The number of carbonyl (C=O) groups is 1.